The first-order chi connectivity index (χ1) is 12.2. The molecule has 3 heterocycles. The first-order valence-corrected chi connectivity index (χ1v) is 7.82. The zero-order chi connectivity index (χ0) is 18.8. The van der Waals surface area contributed by atoms with Crippen LogP contribution in [0.15, 0.2) is 29.1 Å². The molecule has 2 atom stereocenters. The molecule has 1 saturated heterocycles. The summed E-state index contributed by atoms with van der Waals surface area (Å²) in [5, 5.41) is 10.6. The van der Waals surface area contributed by atoms with E-state index in [1.807, 2.05) is 0 Å². The molecule has 0 aliphatic carbocycles. The number of methoxy groups -OCH3 is 1. The zero-order valence-electron chi connectivity index (χ0n) is 13.5. The number of imidazole rings is 1. The summed E-state index contributed by atoms with van der Waals surface area (Å²) in [6.45, 7) is 0.246. The Bertz CT molecular complexity index is 963. The van der Waals surface area contributed by atoms with E-state index in [4.69, 9.17) is 4.74 Å². The zero-order valence-corrected chi connectivity index (χ0v) is 13.5. The molecular weight excluding hydrogens is 355 g/mol. The van der Waals surface area contributed by atoms with Gasteiger partial charge in [-0.05, 0) is 24.6 Å². The van der Waals surface area contributed by atoms with Crippen molar-refractivity contribution in [2.24, 2.45) is 0 Å². The lowest BCUT2D eigenvalue weighted by Gasteiger charge is -2.26. The maximum absolute atomic E-state index is 12.9. The number of ether oxygens (including phenoxy) is 1. The molecule has 1 amide bonds. The van der Waals surface area contributed by atoms with Crippen molar-refractivity contribution in [3.05, 3.63) is 46.0 Å². The van der Waals surface area contributed by atoms with Gasteiger partial charge < -0.3 is 9.84 Å². The van der Waals surface area contributed by atoms with Gasteiger partial charge in [0, 0.05) is 6.54 Å². The van der Waals surface area contributed by atoms with Gasteiger partial charge in [-0.15, -0.1) is 0 Å². The van der Waals surface area contributed by atoms with E-state index < -0.39 is 35.4 Å². The predicted molar refractivity (Wildman–Crippen MR) is 82.2 cm³/mol. The van der Waals surface area contributed by atoms with Crippen molar-refractivity contribution in [1.29, 1.82) is 0 Å². The highest BCUT2D eigenvalue weighted by Gasteiger charge is 2.49. The molecule has 1 unspecified atom stereocenters. The lowest BCUT2D eigenvalue weighted by molar-refractivity contribution is -0.137. The standard InChI is InChI=1S/C16H14F3N3O4/c1-26-15(25)20-7-10-6-11(20)12-13(23)22(14(24)21(10)12)9-4-2-3-8(5-9)16(17,18)19/h2-5,10-11,23H,6-7H2,1H3/t10?,11-/m1/s1. The minimum atomic E-state index is -4.57. The first-order valence-electron chi connectivity index (χ1n) is 7.82. The maximum atomic E-state index is 12.9. The van der Waals surface area contributed by atoms with Crippen molar-refractivity contribution in [1.82, 2.24) is 14.0 Å². The molecule has 0 saturated carbocycles. The Morgan fingerprint density at radius 3 is 2.73 bits per heavy atom. The van der Waals surface area contributed by atoms with Crippen LogP contribution in [0.3, 0.4) is 0 Å². The number of nitrogens with zero attached hydrogens (tertiary/aromatic N) is 3. The lowest BCUT2D eigenvalue weighted by Crippen LogP contribution is -2.37. The van der Waals surface area contributed by atoms with Gasteiger partial charge in [0.25, 0.3) is 0 Å². The Hall–Kier alpha value is -2.91. The number of hydrogen-bond donors (Lipinski definition) is 1. The van der Waals surface area contributed by atoms with Crippen LogP contribution in [-0.4, -0.2) is 38.9 Å². The lowest BCUT2D eigenvalue weighted by atomic mass is 10.2. The Balaban J connectivity index is 1.84. The van der Waals surface area contributed by atoms with E-state index >= 15 is 0 Å². The fourth-order valence-corrected chi connectivity index (χ4v) is 3.82. The molecule has 2 aliphatic rings. The second-order valence-corrected chi connectivity index (χ2v) is 6.27. The second kappa shape index (κ2) is 5.29. The van der Waals surface area contributed by atoms with E-state index in [0.717, 1.165) is 16.7 Å². The number of carbonyl (C=O) groups excluding carboxylic acids is 1. The third kappa shape index (κ3) is 2.14. The minimum Gasteiger partial charge on any atom is -0.493 e. The van der Waals surface area contributed by atoms with Gasteiger partial charge in [-0.2, -0.15) is 13.2 Å². The van der Waals surface area contributed by atoms with Gasteiger partial charge in [0.15, 0.2) is 0 Å². The summed E-state index contributed by atoms with van der Waals surface area (Å²) in [5.41, 5.74) is -1.43. The molecule has 0 spiro atoms. The summed E-state index contributed by atoms with van der Waals surface area (Å²) in [6, 6.07) is 3.27. The van der Waals surface area contributed by atoms with Crippen LogP contribution in [-0.2, 0) is 10.9 Å². The van der Waals surface area contributed by atoms with E-state index in [0.29, 0.717) is 6.42 Å². The molecule has 2 aliphatic heterocycles. The molecule has 7 nitrogen and oxygen atoms in total. The van der Waals surface area contributed by atoms with Crippen molar-refractivity contribution >= 4 is 6.09 Å². The van der Waals surface area contributed by atoms with Crippen molar-refractivity contribution in [3.8, 4) is 11.6 Å². The summed E-state index contributed by atoms with van der Waals surface area (Å²) >= 11 is 0. The van der Waals surface area contributed by atoms with Gasteiger partial charge >= 0.3 is 18.0 Å². The van der Waals surface area contributed by atoms with Crippen LogP contribution < -0.4 is 5.69 Å². The Labute approximate surface area is 144 Å². The van der Waals surface area contributed by atoms with Crippen molar-refractivity contribution < 1.29 is 27.8 Å². The molecule has 1 aromatic heterocycles. The molecule has 26 heavy (non-hydrogen) atoms. The van der Waals surface area contributed by atoms with Crippen LogP contribution >= 0.6 is 0 Å². The topological polar surface area (TPSA) is 76.7 Å². The third-order valence-corrected chi connectivity index (χ3v) is 4.90. The number of aromatic hydroxyl groups is 1. The number of fused-ring (bicyclic) bond motifs is 5. The van der Waals surface area contributed by atoms with Crippen LogP contribution in [0.1, 0.15) is 29.8 Å². The Morgan fingerprint density at radius 2 is 2.08 bits per heavy atom. The summed E-state index contributed by atoms with van der Waals surface area (Å²) in [7, 11) is 1.23. The van der Waals surface area contributed by atoms with Crippen LogP contribution in [0, 0.1) is 0 Å². The first kappa shape index (κ1) is 16.6. The quantitative estimate of drug-likeness (QED) is 0.838. The van der Waals surface area contributed by atoms with Gasteiger partial charge in [-0.25, -0.2) is 14.2 Å². The molecule has 4 rings (SSSR count). The highest BCUT2D eigenvalue weighted by Crippen LogP contribution is 2.48. The van der Waals surface area contributed by atoms with Gasteiger partial charge in [0.1, 0.15) is 5.69 Å². The monoisotopic (exact) mass is 369 g/mol. The summed E-state index contributed by atoms with van der Waals surface area (Å²) in [6.07, 6.45) is -4.70. The number of halogens is 3. The van der Waals surface area contributed by atoms with Crippen molar-refractivity contribution in [3.63, 3.8) is 0 Å². The average Bonchev–Trinajstić information content (AvgIpc) is 3.25. The SMILES string of the molecule is COC(=O)N1CC2C[C@@H]1c1c(O)n(-c3cccc(C(F)(F)F)c3)c(=O)n12. The number of benzene rings is 1. The van der Waals surface area contributed by atoms with Crippen LogP contribution in [0.25, 0.3) is 5.69 Å². The normalized spacial score (nSPS) is 21.2. The van der Waals surface area contributed by atoms with E-state index in [2.05, 4.69) is 0 Å². The number of carbonyl (C=O) groups is 1. The summed E-state index contributed by atoms with van der Waals surface area (Å²) < 4.78 is 45.7. The summed E-state index contributed by atoms with van der Waals surface area (Å²) in [4.78, 5) is 26.0. The van der Waals surface area contributed by atoms with Gasteiger partial charge in [-0.1, -0.05) is 6.07 Å². The molecule has 1 fully saturated rings. The molecule has 138 valence electrons. The Morgan fingerprint density at radius 1 is 1.35 bits per heavy atom. The van der Waals surface area contributed by atoms with Gasteiger partial charge in [0.05, 0.1) is 30.4 Å². The Kier molecular flexibility index (Phi) is 3.37. The average molecular weight is 369 g/mol. The summed E-state index contributed by atoms with van der Waals surface area (Å²) in [5.74, 6) is -0.463. The molecule has 0 radical (unpaired) electrons. The fraction of sp³-hybridized carbons (Fsp3) is 0.375. The van der Waals surface area contributed by atoms with Crippen LogP contribution in [0.2, 0.25) is 0 Å². The smallest absolute Gasteiger partial charge is 0.416 e. The third-order valence-electron chi connectivity index (χ3n) is 4.90. The van der Waals surface area contributed by atoms with Gasteiger partial charge in [-0.3, -0.25) is 9.47 Å². The van der Waals surface area contributed by atoms with Crippen LogP contribution in [0.5, 0.6) is 5.88 Å². The largest absolute Gasteiger partial charge is 0.493 e. The molecule has 2 aromatic rings. The molecule has 10 heteroatoms. The van der Waals surface area contributed by atoms with Crippen LogP contribution in [0.4, 0.5) is 18.0 Å². The minimum absolute atomic E-state index is 0.0896. The number of hydrogen-bond acceptors (Lipinski definition) is 4. The number of alkyl halides is 3. The maximum Gasteiger partial charge on any atom is 0.416 e. The number of aromatic nitrogens is 2. The van der Waals surface area contributed by atoms with E-state index in [9.17, 15) is 27.9 Å². The highest BCUT2D eigenvalue weighted by atomic mass is 19.4. The highest BCUT2D eigenvalue weighted by molar-refractivity contribution is 5.69. The molecular formula is C16H14F3N3O4. The number of rotatable bonds is 1. The van der Waals surface area contributed by atoms with E-state index in [1.54, 1.807) is 0 Å². The van der Waals surface area contributed by atoms with Gasteiger partial charge in [0.2, 0.25) is 5.88 Å². The van der Waals surface area contributed by atoms with E-state index in [1.165, 1.54) is 28.7 Å². The van der Waals surface area contributed by atoms with Crippen molar-refractivity contribution in [2.45, 2.75) is 24.7 Å². The fourth-order valence-electron chi connectivity index (χ4n) is 3.82. The molecule has 1 N–H and O–H groups in total. The van der Waals surface area contributed by atoms with Crippen molar-refractivity contribution in [2.75, 3.05) is 13.7 Å². The molecule has 1 aromatic carbocycles. The molecule has 2 bridgehead atoms. The number of amides is 1. The van der Waals surface area contributed by atoms with E-state index in [-0.39, 0.29) is 24.0 Å². The second-order valence-electron chi connectivity index (χ2n) is 6.27. The number of likely N-dealkylation sites (tertiary alicyclic amines) is 1. The predicted octanol–water partition coefficient (Wildman–Crippen LogP) is 2.43.